The van der Waals surface area contributed by atoms with E-state index in [1.807, 2.05) is 0 Å². The van der Waals surface area contributed by atoms with Crippen molar-refractivity contribution in [2.24, 2.45) is 5.41 Å². The molecule has 0 bridgehead atoms. The molecule has 4 heteroatoms. The summed E-state index contributed by atoms with van der Waals surface area (Å²) in [5, 5.41) is 3.39. The van der Waals surface area contributed by atoms with Gasteiger partial charge in [0.15, 0.2) is 0 Å². The quantitative estimate of drug-likeness (QED) is 0.877. The highest BCUT2D eigenvalue weighted by Crippen LogP contribution is 2.24. The molecule has 1 aliphatic rings. The lowest BCUT2D eigenvalue weighted by Gasteiger charge is -2.30. The Kier molecular flexibility index (Phi) is 3.78. The van der Waals surface area contributed by atoms with Crippen LogP contribution in [0.15, 0.2) is 0 Å². The van der Waals surface area contributed by atoms with Crippen LogP contribution in [0.3, 0.4) is 0 Å². The maximum Gasteiger partial charge on any atom is 0.106 e. The summed E-state index contributed by atoms with van der Waals surface area (Å²) in [5.41, 5.74) is 2.96. The van der Waals surface area contributed by atoms with Gasteiger partial charge in [-0.3, -0.25) is 0 Å². The number of hydrogen-bond donors (Lipinski definition) is 1. The van der Waals surface area contributed by atoms with E-state index in [9.17, 15) is 0 Å². The number of fused-ring (bicyclic) bond motifs is 1. The third kappa shape index (κ3) is 2.93. The van der Waals surface area contributed by atoms with E-state index >= 15 is 0 Å². The van der Waals surface area contributed by atoms with Gasteiger partial charge in [-0.05, 0) is 26.4 Å². The molecule has 0 saturated carbocycles. The van der Waals surface area contributed by atoms with Crippen LogP contribution >= 0.6 is 0 Å². The maximum atomic E-state index is 4.70. The summed E-state index contributed by atoms with van der Waals surface area (Å²) in [6.07, 6.45) is 1.11. The molecule has 0 unspecified atom stereocenters. The van der Waals surface area contributed by atoms with E-state index < -0.39 is 0 Å². The minimum absolute atomic E-state index is 0.271. The van der Waals surface area contributed by atoms with E-state index in [1.165, 1.54) is 11.4 Å². The molecule has 1 aromatic rings. The predicted molar refractivity (Wildman–Crippen MR) is 74.7 cm³/mol. The SMILES string of the molecule is Cc1nc2c(n1CC(C)(C)CN(C)C)CCNC2. The molecule has 0 atom stereocenters. The average Bonchev–Trinajstić information content (AvgIpc) is 2.53. The predicted octanol–water partition coefficient (Wildman–Crippen LogP) is 1.43. The summed E-state index contributed by atoms with van der Waals surface area (Å²) < 4.78 is 2.43. The second-order valence-electron chi connectivity index (χ2n) is 6.47. The van der Waals surface area contributed by atoms with Gasteiger partial charge in [-0.2, -0.15) is 0 Å². The second kappa shape index (κ2) is 5.02. The zero-order valence-corrected chi connectivity index (χ0v) is 12.4. The molecule has 1 aromatic heterocycles. The molecule has 0 aliphatic carbocycles. The molecular weight excluding hydrogens is 224 g/mol. The van der Waals surface area contributed by atoms with Crippen molar-refractivity contribution in [2.45, 2.75) is 40.3 Å². The maximum absolute atomic E-state index is 4.70. The van der Waals surface area contributed by atoms with Gasteiger partial charge in [0.25, 0.3) is 0 Å². The number of hydrogen-bond acceptors (Lipinski definition) is 3. The van der Waals surface area contributed by atoms with Gasteiger partial charge in [0.05, 0.1) is 5.69 Å². The molecule has 2 rings (SSSR count). The fourth-order valence-electron chi connectivity index (χ4n) is 3.05. The first-order chi connectivity index (χ1) is 8.39. The van der Waals surface area contributed by atoms with Gasteiger partial charge in [0.1, 0.15) is 5.82 Å². The van der Waals surface area contributed by atoms with Crippen LogP contribution in [-0.2, 0) is 19.5 Å². The van der Waals surface area contributed by atoms with Gasteiger partial charge in [-0.15, -0.1) is 0 Å². The minimum atomic E-state index is 0.271. The molecule has 0 aromatic carbocycles. The summed E-state index contributed by atoms with van der Waals surface area (Å²) in [4.78, 5) is 6.97. The lowest BCUT2D eigenvalue weighted by Crippen LogP contribution is -2.34. The molecule has 0 radical (unpaired) electrons. The van der Waals surface area contributed by atoms with Crippen molar-refractivity contribution in [3.63, 3.8) is 0 Å². The molecule has 18 heavy (non-hydrogen) atoms. The van der Waals surface area contributed by atoms with E-state index in [-0.39, 0.29) is 5.41 Å². The minimum Gasteiger partial charge on any atom is -0.331 e. The van der Waals surface area contributed by atoms with Gasteiger partial charge in [0.2, 0.25) is 0 Å². The van der Waals surface area contributed by atoms with Crippen molar-refractivity contribution in [2.75, 3.05) is 27.2 Å². The second-order valence-corrected chi connectivity index (χ2v) is 6.47. The van der Waals surface area contributed by atoms with E-state index in [1.54, 1.807) is 0 Å². The van der Waals surface area contributed by atoms with Crippen LogP contribution in [0, 0.1) is 12.3 Å². The fourth-order valence-corrected chi connectivity index (χ4v) is 3.05. The van der Waals surface area contributed by atoms with E-state index in [0.29, 0.717) is 0 Å². The Morgan fingerprint density at radius 1 is 1.39 bits per heavy atom. The Balaban J connectivity index is 2.21. The Labute approximate surface area is 110 Å². The van der Waals surface area contributed by atoms with Crippen molar-refractivity contribution >= 4 is 0 Å². The van der Waals surface area contributed by atoms with Crippen molar-refractivity contribution in [3.05, 3.63) is 17.2 Å². The first-order valence-corrected chi connectivity index (χ1v) is 6.79. The number of imidazole rings is 1. The largest absolute Gasteiger partial charge is 0.331 e. The lowest BCUT2D eigenvalue weighted by atomic mass is 9.92. The molecular formula is C14H26N4. The van der Waals surface area contributed by atoms with Gasteiger partial charge >= 0.3 is 0 Å². The van der Waals surface area contributed by atoms with Crippen LogP contribution in [-0.4, -0.2) is 41.6 Å². The number of nitrogens with one attached hydrogen (secondary N) is 1. The van der Waals surface area contributed by atoms with E-state index in [2.05, 4.69) is 49.7 Å². The standard InChI is InChI=1S/C14H26N4/c1-11-16-12-8-15-7-6-13(12)18(11)10-14(2,3)9-17(4)5/h15H,6-10H2,1-5H3. The molecule has 0 saturated heterocycles. The van der Waals surface area contributed by atoms with Crippen LogP contribution in [0.4, 0.5) is 0 Å². The van der Waals surface area contributed by atoms with E-state index in [4.69, 9.17) is 4.98 Å². The molecule has 0 spiro atoms. The van der Waals surface area contributed by atoms with E-state index in [0.717, 1.165) is 38.4 Å². The number of aryl methyl sites for hydroxylation is 1. The summed E-state index contributed by atoms with van der Waals surface area (Å²) in [7, 11) is 4.28. The summed E-state index contributed by atoms with van der Waals surface area (Å²) >= 11 is 0. The summed E-state index contributed by atoms with van der Waals surface area (Å²) in [5.74, 6) is 1.16. The highest BCUT2D eigenvalue weighted by Gasteiger charge is 2.24. The Morgan fingerprint density at radius 2 is 2.11 bits per heavy atom. The Bertz CT molecular complexity index is 418. The van der Waals surface area contributed by atoms with Crippen molar-refractivity contribution in [3.8, 4) is 0 Å². The molecule has 1 aliphatic heterocycles. The van der Waals surface area contributed by atoms with Crippen molar-refractivity contribution in [1.29, 1.82) is 0 Å². The van der Waals surface area contributed by atoms with Crippen LogP contribution in [0.25, 0.3) is 0 Å². The molecule has 0 amide bonds. The van der Waals surface area contributed by atoms with Gasteiger partial charge < -0.3 is 14.8 Å². The van der Waals surface area contributed by atoms with Gasteiger partial charge in [-0.1, -0.05) is 13.8 Å². The zero-order chi connectivity index (χ0) is 13.3. The average molecular weight is 250 g/mol. The van der Waals surface area contributed by atoms with Crippen LogP contribution < -0.4 is 5.32 Å². The molecule has 2 heterocycles. The number of aromatic nitrogens is 2. The molecule has 102 valence electrons. The Morgan fingerprint density at radius 3 is 2.78 bits per heavy atom. The smallest absolute Gasteiger partial charge is 0.106 e. The molecule has 1 N–H and O–H groups in total. The topological polar surface area (TPSA) is 33.1 Å². The number of rotatable bonds is 4. The highest BCUT2D eigenvalue weighted by atomic mass is 15.1. The van der Waals surface area contributed by atoms with Crippen LogP contribution in [0.1, 0.15) is 31.1 Å². The molecule has 0 fully saturated rings. The summed E-state index contributed by atoms with van der Waals surface area (Å²) in [6, 6.07) is 0. The normalized spacial score (nSPS) is 16.1. The van der Waals surface area contributed by atoms with Crippen molar-refractivity contribution in [1.82, 2.24) is 19.8 Å². The van der Waals surface area contributed by atoms with Crippen molar-refractivity contribution < 1.29 is 0 Å². The summed E-state index contributed by atoms with van der Waals surface area (Å²) in [6.45, 7) is 10.9. The Hall–Kier alpha value is -0.870. The fraction of sp³-hybridized carbons (Fsp3) is 0.786. The third-order valence-corrected chi connectivity index (χ3v) is 3.51. The first-order valence-electron chi connectivity index (χ1n) is 6.79. The molecule has 4 nitrogen and oxygen atoms in total. The lowest BCUT2D eigenvalue weighted by molar-refractivity contribution is 0.208. The highest BCUT2D eigenvalue weighted by molar-refractivity contribution is 5.20. The zero-order valence-electron chi connectivity index (χ0n) is 12.4. The van der Waals surface area contributed by atoms with Crippen LogP contribution in [0.2, 0.25) is 0 Å². The third-order valence-electron chi connectivity index (χ3n) is 3.51. The van der Waals surface area contributed by atoms with Gasteiger partial charge in [-0.25, -0.2) is 4.98 Å². The monoisotopic (exact) mass is 250 g/mol. The van der Waals surface area contributed by atoms with Crippen LogP contribution in [0.5, 0.6) is 0 Å². The first kappa shape index (κ1) is 13.6. The number of nitrogens with zero attached hydrogens (tertiary/aromatic N) is 3. The van der Waals surface area contributed by atoms with Gasteiger partial charge in [0, 0.05) is 38.3 Å².